The Kier molecular flexibility index (Phi) is 12.5. The molecule has 0 aromatic heterocycles. The zero-order chi connectivity index (χ0) is 32.9. The summed E-state index contributed by atoms with van der Waals surface area (Å²) in [4.78, 5) is 60.5. The quantitative estimate of drug-likeness (QED) is 0.190. The van der Waals surface area contributed by atoms with Crippen molar-refractivity contribution in [2.24, 2.45) is 5.92 Å². The number of amides is 2. The van der Waals surface area contributed by atoms with Crippen LogP contribution in [0.1, 0.15) is 40.5 Å². The maximum Gasteiger partial charge on any atom is 0.328 e. The van der Waals surface area contributed by atoms with Crippen LogP contribution in [-0.2, 0) is 14.4 Å². The Morgan fingerprint density at radius 1 is 0.844 bits per heavy atom. The van der Waals surface area contributed by atoms with E-state index < -0.39 is 11.9 Å². The standard InChI is InChI=1S/C29H30FN3O4.C4H4O4/c1-20(34)31-25-8-4-23(5-9-25)29(37)33(26-10-12-27(35)13-11-26)19-18-32-16-14-22(15-17-32)28(36)21-2-6-24(30)7-3-21;5-3(6)1-2-4(7)8/h2-13,22,35H,14-19H2,1H3,(H,31,34);1-2H,(H,5,6)(H,7,8). The van der Waals surface area contributed by atoms with Crippen molar-refractivity contribution in [2.75, 3.05) is 36.4 Å². The van der Waals surface area contributed by atoms with Crippen molar-refractivity contribution in [2.45, 2.75) is 19.8 Å². The number of benzene rings is 3. The van der Waals surface area contributed by atoms with E-state index in [4.69, 9.17) is 10.2 Å². The third-order valence-corrected chi connectivity index (χ3v) is 6.95. The van der Waals surface area contributed by atoms with Crippen molar-refractivity contribution in [3.8, 4) is 5.75 Å². The molecule has 3 aromatic carbocycles. The summed E-state index contributed by atoms with van der Waals surface area (Å²) in [7, 11) is 0. The van der Waals surface area contributed by atoms with E-state index in [0.717, 1.165) is 13.1 Å². The average Bonchev–Trinajstić information content (AvgIpc) is 3.01. The fraction of sp³-hybridized carbons (Fsp3) is 0.242. The van der Waals surface area contributed by atoms with Crippen LogP contribution in [0.5, 0.6) is 5.75 Å². The Morgan fingerprint density at radius 2 is 1.38 bits per heavy atom. The summed E-state index contributed by atoms with van der Waals surface area (Å²) in [6.45, 7) is 3.91. The molecule has 1 saturated heterocycles. The minimum Gasteiger partial charge on any atom is -0.508 e. The highest BCUT2D eigenvalue weighted by molar-refractivity contribution is 6.06. The second kappa shape index (κ2) is 16.5. The molecule has 0 atom stereocenters. The van der Waals surface area contributed by atoms with Gasteiger partial charge in [0.1, 0.15) is 11.6 Å². The highest BCUT2D eigenvalue weighted by Gasteiger charge is 2.27. The number of likely N-dealkylation sites (tertiary alicyclic amines) is 1. The summed E-state index contributed by atoms with van der Waals surface area (Å²) in [5, 5.41) is 28.0. The number of halogens is 1. The molecule has 0 saturated carbocycles. The molecular formula is C33H34FN3O8. The average molecular weight is 620 g/mol. The molecule has 0 spiro atoms. The first kappa shape index (κ1) is 34.1. The van der Waals surface area contributed by atoms with Crippen molar-refractivity contribution in [3.63, 3.8) is 0 Å². The van der Waals surface area contributed by atoms with E-state index in [1.165, 1.54) is 31.2 Å². The number of hydrogen-bond acceptors (Lipinski definition) is 7. The van der Waals surface area contributed by atoms with E-state index in [1.807, 2.05) is 0 Å². The van der Waals surface area contributed by atoms with Gasteiger partial charge in [-0.3, -0.25) is 14.4 Å². The molecule has 11 nitrogen and oxygen atoms in total. The van der Waals surface area contributed by atoms with Gasteiger partial charge in [-0.15, -0.1) is 0 Å². The molecule has 4 N–H and O–H groups in total. The number of hydrogen-bond donors (Lipinski definition) is 4. The van der Waals surface area contributed by atoms with Crippen LogP contribution in [0.15, 0.2) is 84.9 Å². The monoisotopic (exact) mass is 619 g/mol. The summed E-state index contributed by atoms with van der Waals surface area (Å²) < 4.78 is 13.2. The van der Waals surface area contributed by atoms with Crippen molar-refractivity contribution < 1.29 is 43.7 Å². The normalized spacial score (nSPS) is 13.4. The lowest BCUT2D eigenvalue weighted by atomic mass is 9.89. The molecular weight excluding hydrogens is 585 g/mol. The lowest BCUT2D eigenvalue weighted by Crippen LogP contribution is -2.42. The Balaban J connectivity index is 0.000000610. The Bertz CT molecular complexity index is 1500. The van der Waals surface area contributed by atoms with Gasteiger partial charge in [0.05, 0.1) is 0 Å². The van der Waals surface area contributed by atoms with E-state index in [-0.39, 0.29) is 35.1 Å². The molecule has 4 rings (SSSR count). The van der Waals surface area contributed by atoms with Crippen LogP contribution in [0.2, 0.25) is 0 Å². The fourth-order valence-electron chi connectivity index (χ4n) is 4.69. The second-order valence-electron chi connectivity index (χ2n) is 10.2. The van der Waals surface area contributed by atoms with Crippen LogP contribution in [0, 0.1) is 11.7 Å². The Labute approximate surface area is 259 Å². The van der Waals surface area contributed by atoms with E-state index >= 15 is 0 Å². The topological polar surface area (TPSA) is 165 Å². The van der Waals surface area contributed by atoms with E-state index in [9.17, 15) is 33.5 Å². The Morgan fingerprint density at radius 3 is 1.89 bits per heavy atom. The molecule has 12 heteroatoms. The second-order valence-corrected chi connectivity index (χ2v) is 10.2. The number of carbonyl (C=O) groups is 5. The summed E-state index contributed by atoms with van der Waals surface area (Å²) >= 11 is 0. The fourth-order valence-corrected chi connectivity index (χ4v) is 4.69. The predicted molar refractivity (Wildman–Crippen MR) is 165 cm³/mol. The van der Waals surface area contributed by atoms with Gasteiger partial charge in [0.25, 0.3) is 5.91 Å². The molecule has 2 amide bonds. The summed E-state index contributed by atoms with van der Waals surface area (Å²) in [6, 6.07) is 18.9. The first-order valence-electron chi connectivity index (χ1n) is 14.1. The Hall–Kier alpha value is -5.36. The van der Waals surface area contributed by atoms with Crippen LogP contribution in [0.4, 0.5) is 15.8 Å². The first-order valence-corrected chi connectivity index (χ1v) is 14.1. The lowest BCUT2D eigenvalue weighted by Gasteiger charge is -2.33. The SMILES string of the molecule is CC(=O)Nc1ccc(C(=O)N(CCN2CCC(C(=O)c3ccc(F)cc3)CC2)c2ccc(O)cc2)cc1.O=C(O)C=CC(=O)O. The third kappa shape index (κ3) is 11.0. The van der Waals surface area contributed by atoms with Gasteiger partial charge >= 0.3 is 11.9 Å². The molecule has 0 bridgehead atoms. The number of ketones is 1. The number of aromatic hydroxyl groups is 1. The summed E-state index contributed by atoms with van der Waals surface area (Å²) in [5.41, 5.74) is 2.28. The number of Topliss-reactive ketones (excluding diaryl/α,β-unsaturated/α-hetero) is 1. The van der Waals surface area contributed by atoms with Gasteiger partial charge in [-0.2, -0.15) is 0 Å². The number of carboxylic acids is 2. The molecule has 1 aliphatic rings. The van der Waals surface area contributed by atoms with Gasteiger partial charge in [0, 0.05) is 60.6 Å². The number of nitrogens with zero attached hydrogens (tertiary/aromatic N) is 2. The molecule has 1 aliphatic heterocycles. The first-order chi connectivity index (χ1) is 21.4. The van der Waals surface area contributed by atoms with E-state index in [0.29, 0.717) is 60.6 Å². The smallest absolute Gasteiger partial charge is 0.328 e. The van der Waals surface area contributed by atoms with Crippen molar-refractivity contribution >= 4 is 40.9 Å². The number of anilines is 2. The largest absolute Gasteiger partial charge is 0.508 e. The number of phenolic OH excluding ortho intramolecular Hbond substituents is 1. The highest BCUT2D eigenvalue weighted by atomic mass is 19.1. The molecule has 1 fully saturated rings. The minimum absolute atomic E-state index is 0.0447. The summed E-state index contributed by atoms with van der Waals surface area (Å²) in [5.74, 6) is -3.19. The molecule has 3 aromatic rings. The maximum atomic E-state index is 13.4. The number of carboxylic acid groups (broad SMARTS) is 2. The van der Waals surface area contributed by atoms with Gasteiger partial charge in [-0.1, -0.05) is 0 Å². The van der Waals surface area contributed by atoms with Gasteiger partial charge in [0.2, 0.25) is 5.91 Å². The number of aliphatic carboxylic acids is 2. The van der Waals surface area contributed by atoms with E-state index in [1.54, 1.807) is 53.4 Å². The zero-order valence-electron chi connectivity index (χ0n) is 24.6. The van der Waals surface area contributed by atoms with Crippen LogP contribution in [0.25, 0.3) is 0 Å². The van der Waals surface area contributed by atoms with Crippen LogP contribution in [0.3, 0.4) is 0 Å². The van der Waals surface area contributed by atoms with Gasteiger partial charge < -0.3 is 30.4 Å². The zero-order valence-corrected chi connectivity index (χ0v) is 24.6. The van der Waals surface area contributed by atoms with Gasteiger partial charge in [-0.25, -0.2) is 14.0 Å². The van der Waals surface area contributed by atoms with E-state index in [2.05, 4.69) is 10.2 Å². The molecule has 0 unspecified atom stereocenters. The molecule has 236 valence electrons. The molecule has 45 heavy (non-hydrogen) atoms. The van der Waals surface area contributed by atoms with Crippen molar-refractivity contribution in [1.29, 1.82) is 0 Å². The lowest BCUT2D eigenvalue weighted by molar-refractivity contribution is -0.134. The van der Waals surface area contributed by atoms with Crippen LogP contribution >= 0.6 is 0 Å². The number of piperidine rings is 1. The van der Waals surface area contributed by atoms with Crippen molar-refractivity contribution in [1.82, 2.24) is 4.90 Å². The molecule has 0 aliphatic carbocycles. The minimum atomic E-state index is -1.26. The number of nitrogens with one attached hydrogen (secondary N) is 1. The third-order valence-electron chi connectivity index (χ3n) is 6.95. The predicted octanol–water partition coefficient (Wildman–Crippen LogP) is 4.44. The van der Waals surface area contributed by atoms with Gasteiger partial charge in [0.15, 0.2) is 5.78 Å². The maximum absolute atomic E-state index is 13.4. The number of rotatable bonds is 10. The number of carbonyl (C=O) groups excluding carboxylic acids is 3. The van der Waals surface area contributed by atoms with Crippen molar-refractivity contribution in [3.05, 3.63) is 102 Å². The molecule has 0 radical (unpaired) electrons. The van der Waals surface area contributed by atoms with Gasteiger partial charge in [-0.05, 0) is 98.7 Å². The highest BCUT2D eigenvalue weighted by Crippen LogP contribution is 2.24. The van der Waals surface area contributed by atoms with Crippen LogP contribution in [-0.4, -0.2) is 75.9 Å². The number of phenols is 1. The molecule has 1 heterocycles. The summed E-state index contributed by atoms with van der Waals surface area (Å²) in [6.07, 6.45) is 2.52. The van der Waals surface area contributed by atoms with Crippen LogP contribution < -0.4 is 10.2 Å².